The minimum Gasteiger partial charge on any atom is -0.307 e. The summed E-state index contributed by atoms with van der Waals surface area (Å²) in [6, 6.07) is 0. The van der Waals surface area contributed by atoms with E-state index < -0.39 is 0 Å². The van der Waals surface area contributed by atoms with Crippen molar-refractivity contribution >= 4 is 0 Å². The van der Waals surface area contributed by atoms with Crippen LogP contribution in [0.1, 0.15) is 576 Å². The van der Waals surface area contributed by atoms with E-state index in [1.54, 1.807) is 0 Å². The molecular formula is C123H246N10. The monoisotopic (exact) mass is 1860 g/mol. The van der Waals surface area contributed by atoms with Gasteiger partial charge in [0.25, 0.3) is 0 Å². The Kier molecular flexibility index (Phi) is 42.4. The molecule has 0 aliphatic carbocycles. The van der Waals surface area contributed by atoms with Gasteiger partial charge in [-0.1, -0.05) is 126 Å². The molecule has 0 saturated carbocycles. The summed E-state index contributed by atoms with van der Waals surface area (Å²) in [6.07, 6.45) is 53.5. The first-order valence-electron chi connectivity index (χ1n) is 57.7. The predicted molar refractivity (Wildman–Crippen MR) is 592 cm³/mol. The highest BCUT2D eigenvalue weighted by Crippen LogP contribution is 2.49. The second-order valence-corrected chi connectivity index (χ2v) is 64.3. The first-order chi connectivity index (χ1) is 59.7. The molecule has 0 aromatic rings. The van der Waals surface area contributed by atoms with Gasteiger partial charge in [0.15, 0.2) is 0 Å². The first-order valence-corrected chi connectivity index (χ1v) is 57.7. The van der Waals surface area contributed by atoms with Gasteiger partial charge in [-0.15, -0.1) is 0 Å². The summed E-state index contributed by atoms with van der Waals surface area (Å²) >= 11 is 0. The van der Waals surface area contributed by atoms with Crippen molar-refractivity contribution in [3.63, 3.8) is 0 Å². The number of hydrogen-bond acceptors (Lipinski definition) is 10. The van der Waals surface area contributed by atoms with Gasteiger partial charge in [-0.25, -0.2) is 0 Å². The third kappa shape index (κ3) is 46.7. The Labute approximate surface area is 835 Å². The Morgan fingerprint density at radius 3 is 0.571 bits per heavy atom. The fourth-order valence-electron chi connectivity index (χ4n) is 35.1. The Morgan fingerprint density at radius 2 is 0.361 bits per heavy atom. The topological polar surface area (TPSA) is 120 Å². The molecule has 788 valence electrons. The minimum atomic E-state index is 0.275. The van der Waals surface area contributed by atoms with E-state index in [1.165, 1.54) is 250 Å². The van der Waals surface area contributed by atoms with Crippen LogP contribution in [0.15, 0.2) is 0 Å². The maximum atomic E-state index is 3.87. The molecule has 0 amide bonds. The lowest BCUT2D eigenvalue weighted by Crippen LogP contribution is -2.58. The van der Waals surface area contributed by atoms with Crippen molar-refractivity contribution in [1.82, 2.24) is 53.2 Å². The van der Waals surface area contributed by atoms with Crippen molar-refractivity contribution in [1.29, 1.82) is 0 Å². The fraction of sp³-hybridized carbons (Fsp3) is 1.00. The lowest BCUT2D eigenvalue weighted by atomic mass is 9.69. The molecule has 0 aromatic carbocycles. The molecule has 10 N–H and O–H groups in total. The van der Waals surface area contributed by atoms with Crippen LogP contribution in [0.4, 0.5) is 0 Å². The standard InChI is InChI=1S/C26H52N2.2C25H50N2.C24H48N2.C23H46N2/c1-19(2)13-20(14-22-17-25(7,8)28-26(9,10)18-22)11-12-21-15-23(3,4)27-24(5,6)16-21;1-18(2)21(13-20-16-24(7,8)27-25(9,10)17-20)12-11-19-14-22(3,4)26-23(5,6)15-19;1-10-11-19(14-21-17-24(6,7)27-25(8,9)18-21)12-13-20-15-22(2,3)26-23(4,5)16-20;1-10-18(13-20-16-23(6,7)26-24(8,9)17-20)11-12-19-14-21(2,3)25-22(4,5)15-19;1-17(12-19-15-22(6,7)25-23(8,9)16-19)10-11-18-13-20(2,3)24-21(4,5)14-18/h19-22,27-28H,11-18H2,1-10H3;18-21,26-27H,11-17H2,1-10H3;19-21,26-27H,10-18H2,1-9H3;18-20,25-26H,10-17H2,1-9H3;17-19,24-25H,10-16H2,1-9H3. The highest BCUT2D eigenvalue weighted by atomic mass is 15.1. The number of piperidine rings is 10. The molecule has 10 nitrogen and oxygen atoms in total. The first kappa shape index (κ1) is 121. The van der Waals surface area contributed by atoms with Gasteiger partial charge in [0, 0.05) is 111 Å². The van der Waals surface area contributed by atoms with Crippen molar-refractivity contribution in [3.8, 4) is 0 Å². The van der Waals surface area contributed by atoms with Gasteiger partial charge in [-0.05, 0) is 551 Å². The Balaban J connectivity index is 0.000000256. The van der Waals surface area contributed by atoms with Crippen molar-refractivity contribution in [2.24, 2.45) is 101 Å². The minimum absolute atomic E-state index is 0.275. The van der Waals surface area contributed by atoms with E-state index in [-0.39, 0.29) is 99.7 Å². The van der Waals surface area contributed by atoms with E-state index in [0.717, 1.165) is 101 Å². The number of rotatable bonds is 31. The third-order valence-electron chi connectivity index (χ3n) is 34.1. The quantitative estimate of drug-likeness (QED) is 0.0329. The SMILES string of the molecule is CC(C)C(CCC1CC(C)(C)NC(C)(C)C1)CC1CC(C)(C)NC(C)(C)C1.CC(C)CC(CCC1CC(C)(C)NC(C)(C)C1)CC1CC(C)(C)NC(C)(C)C1.CC(CCC1CC(C)(C)NC(C)(C)C1)CC1CC(C)(C)NC(C)(C)C1.CCC(CCC1CC(C)(C)NC(C)(C)C1)CC1CC(C)(C)NC(C)(C)C1.CCCC(CCC1CC(C)(C)NC(C)(C)C1)CC1CC(C)(C)NC(C)(C)C1. The molecule has 10 heterocycles. The van der Waals surface area contributed by atoms with Gasteiger partial charge in [0.1, 0.15) is 0 Å². The molecule has 10 aliphatic rings. The number of nitrogens with one attached hydrogen (secondary N) is 10. The van der Waals surface area contributed by atoms with Crippen LogP contribution in [0.5, 0.6) is 0 Å². The summed E-state index contributed by atoms with van der Waals surface area (Å²) in [4.78, 5) is 0. The highest BCUT2D eigenvalue weighted by Gasteiger charge is 2.49. The molecule has 0 spiro atoms. The molecule has 10 heteroatoms. The molecule has 10 fully saturated rings. The van der Waals surface area contributed by atoms with Crippen LogP contribution in [-0.4, -0.2) is 111 Å². The van der Waals surface area contributed by atoms with Gasteiger partial charge < -0.3 is 53.2 Å². The van der Waals surface area contributed by atoms with Crippen molar-refractivity contribution in [2.75, 3.05) is 0 Å². The molecule has 10 aliphatic heterocycles. The van der Waals surface area contributed by atoms with Gasteiger partial charge >= 0.3 is 0 Å². The zero-order valence-corrected chi connectivity index (χ0v) is 99.4. The average molecular weight is 1870 g/mol. The Bertz CT molecular complexity index is 3230. The van der Waals surface area contributed by atoms with E-state index in [4.69, 9.17) is 0 Å². The molecule has 0 radical (unpaired) electrons. The van der Waals surface area contributed by atoms with Crippen molar-refractivity contribution in [3.05, 3.63) is 0 Å². The summed E-state index contributed by atoms with van der Waals surface area (Å²) in [6.45, 7) is 113. The highest BCUT2D eigenvalue weighted by molar-refractivity contribution is 5.07. The molecule has 10 saturated heterocycles. The van der Waals surface area contributed by atoms with Gasteiger partial charge in [-0.2, -0.15) is 0 Å². The van der Waals surface area contributed by atoms with Crippen LogP contribution in [0.25, 0.3) is 0 Å². The van der Waals surface area contributed by atoms with Gasteiger partial charge in [0.05, 0.1) is 0 Å². The average Bonchev–Trinajstić information content (AvgIpc) is 0.805. The van der Waals surface area contributed by atoms with Crippen LogP contribution >= 0.6 is 0 Å². The summed E-state index contributed by atoms with van der Waals surface area (Å²) in [5.74, 6) is 14.9. The van der Waals surface area contributed by atoms with Crippen LogP contribution in [0.3, 0.4) is 0 Å². The zero-order valence-electron chi connectivity index (χ0n) is 99.4. The third-order valence-corrected chi connectivity index (χ3v) is 34.1. The molecule has 0 bridgehead atoms. The lowest BCUT2D eigenvalue weighted by molar-refractivity contribution is 0.0933. The maximum absolute atomic E-state index is 3.87. The Hall–Kier alpha value is -0.400. The summed E-state index contributed by atoms with van der Waals surface area (Å²) in [5.41, 5.74) is 5.67. The van der Waals surface area contributed by atoms with Crippen LogP contribution in [-0.2, 0) is 0 Å². The molecule has 133 heavy (non-hydrogen) atoms. The van der Waals surface area contributed by atoms with E-state index in [1.807, 2.05) is 0 Å². The van der Waals surface area contributed by atoms with Crippen molar-refractivity contribution in [2.45, 2.75) is 687 Å². The van der Waals surface area contributed by atoms with Crippen molar-refractivity contribution < 1.29 is 0 Å². The zero-order chi connectivity index (χ0) is 101. The van der Waals surface area contributed by atoms with Crippen LogP contribution in [0, 0.1) is 101 Å². The summed E-state index contributed by atoms with van der Waals surface area (Å²) in [7, 11) is 0. The van der Waals surface area contributed by atoms with E-state index >= 15 is 0 Å². The summed E-state index contributed by atoms with van der Waals surface area (Å²) < 4.78 is 0. The van der Waals surface area contributed by atoms with Crippen LogP contribution in [0.2, 0.25) is 0 Å². The molecule has 10 rings (SSSR count). The summed E-state index contributed by atoms with van der Waals surface area (Å²) in [5, 5.41) is 38.5. The van der Waals surface area contributed by atoms with Gasteiger partial charge in [0.2, 0.25) is 0 Å². The smallest absolute Gasteiger partial charge is 0.0132 e. The van der Waals surface area contributed by atoms with Crippen LogP contribution < -0.4 is 53.2 Å². The molecular weight excluding hydrogens is 1620 g/mol. The van der Waals surface area contributed by atoms with E-state index in [0.29, 0.717) is 11.1 Å². The van der Waals surface area contributed by atoms with E-state index in [2.05, 4.69) is 379 Å². The molecule has 5 atom stereocenters. The largest absolute Gasteiger partial charge is 0.307 e. The number of hydrogen-bond donors (Lipinski definition) is 10. The molecule has 0 aromatic heterocycles. The Morgan fingerprint density at radius 1 is 0.188 bits per heavy atom. The second-order valence-electron chi connectivity index (χ2n) is 64.3. The second kappa shape index (κ2) is 46.5. The normalized spacial score (nSPS) is 29.1. The lowest BCUT2D eigenvalue weighted by Gasteiger charge is -2.48. The predicted octanol–water partition coefficient (Wildman–Crippen LogP) is 32.4. The maximum Gasteiger partial charge on any atom is 0.0132 e. The van der Waals surface area contributed by atoms with E-state index in [9.17, 15) is 0 Å². The fourth-order valence-corrected chi connectivity index (χ4v) is 35.1. The molecule has 5 unspecified atom stereocenters. The van der Waals surface area contributed by atoms with Gasteiger partial charge in [-0.3, -0.25) is 0 Å².